The lowest BCUT2D eigenvalue weighted by Crippen LogP contribution is -2.52. The maximum Gasteiger partial charge on any atom is 0.573 e. The van der Waals surface area contributed by atoms with E-state index in [0.29, 0.717) is 29.2 Å². The number of carbonyl (C=O) groups is 2. The molecule has 1 aliphatic rings. The zero-order valence-corrected chi connectivity index (χ0v) is 20.6. The number of hydrogen-bond donors (Lipinski definition) is 2. The molecule has 0 heterocycles. The predicted molar refractivity (Wildman–Crippen MR) is 131 cm³/mol. The summed E-state index contributed by atoms with van der Waals surface area (Å²) in [6.45, 7) is 1.74. The number of aliphatic carboxylic acids is 1. The fourth-order valence-corrected chi connectivity index (χ4v) is 4.94. The van der Waals surface area contributed by atoms with Crippen molar-refractivity contribution in [2.45, 2.75) is 58.0 Å². The third-order valence-electron chi connectivity index (χ3n) is 6.93. The number of fused-ring (bicyclic) bond motifs is 1. The molecule has 3 aromatic rings. The molecule has 2 N–H and O–H groups in total. The first-order valence-corrected chi connectivity index (χ1v) is 12.2. The van der Waals surface area contributed by atoms with Gasteiger partial charge in [0.1, 0.15) is 30.0 Å². The Kier molecular flexibility index (Phi) is 7.80. The minimum absolute atomic E-state index is 0.0618. The fourth-order valence-electron chi connectivity index (χ4n) is 4.94. The number of ether oxygens (including phenoxy) is 2. The molecule has 0 bridgehead atoms. The number of amides is 1. The van der Waals surface area contributed by atoms with Gasteiger partial charge in [0.2, 0.25) is 0 Å². The molecular formula is C28H27F4NO5. The highest BCUT2D eigenvalue weighted by Crippen LogP contribution is 2.39. The van der Waals surface area contributed by atoms with Crippen molar-refractivity contribution in [3.8, 4) is 11.5 Å². The Bertz CT molecular complexity index is 1320. The van der Waals surface area contributed by atoms with Gasteiger partial charge >= 0.3 is 12.3 Å². The first-order chi connectivity index (χ1) is 17.9. The van der Waals surface area contributed by atoms with Crippen molar-refractivity contribution in [2.24, 2.45) is 5.41 Å². The molecule has 0 spiro atoms. The summed E-state index contributed by atoms with van der Waals surface area (Å²) in [4.78, 5) is 25.6. The van der Waals surface area contributed by atoms with Crippen LogP contribution in [-0.4, -0.2) is 29.4 Å². The van der Waals surface area contributed by atoms with Crippen molar-refractivity contribution in [1.29, 1.82) is 0 Å². The molecule has 1 saturated carbocycles. The molecule has 1 aliphatic carbocycles. The number of hydrogen-bond acceptors (Lipinski definition) is 4. The summed E-state index contributed by atoms with van der Waals surface area (Å²) in [6.07, 6.45) is -0.728. The Labute approximate surface area is 216 Å². The van der Waals surface area contributed by atoms with Crippen LogP contribution >= 0.6 is 0 Å². The largest absolute Gasteiger partial charge is 0.573 e. The van der Waals surface area contributed by atoms with E-state index >= 15 is 0 Å². The molecule has 6 nitrogen and oxygen atoms in total. The SMILES string of the molecule is CC1(C(NC(=O)c2ccc3cc(F)ccc3c2OCc2ccc(OC(F)(F)F)cc2)C(=O)O)CCCCC1. The number of halogens is 4. The zero-order chi connectivity index (χ0) is 27.5. The van der Waals surface area contributed by atoms with E-state index < -0.39 is 41.3 Å². The number of carboxylic acids is 1. The number of rotatable bonds is 8. The number of alkyl halides is 3. The zero-order valence-electron chi connectivity index (χ0n) is 20.6. The molecule has 0 aliphatic heterocycles. The molecule has 1 atom stereocenters. The van der Waals surface area contributed by atoms with Crippen LogP contribution in [0.5, 0.6) is 11.5 Å². The van der Waals surface area contributed by atoms with Gasteiger partial charge in [-0.3, -0.25) is 4.79 Å². The fraction of sp³-hybridized carbons (Fsp3) is 0.357. The second-order valence-electron chi connectivity index (χ2n) is 9.75. The second kappa shape index (κ2) is 10.9. The van der Waals surface area contributed by atoms with Gasteiger partial charge in [-0.05, 0) is 65.6 Å². The minimum atomic E-state index is -4.82. The van der Waals surface area contributed by atoms with E-state index in [0.717, 1.165) is 31.4 Å². The molecule has 38 heavy (non-hydrogen) atoms. The molecule has 1 amide bonds. The summed E-state index contributed by atoms with van der Waals surface area (Å²) < 4.78 is 61.0. The van der Waals surface area contributed by atoms with E-state index in [4.69, 9.17) is 4.74 Å². The maximum absolute atomic E-state index is 13.9. The van der Waals surface area contributed by atoms with Gasteiger partial charge in [0, 0.05) is 5.39 Å². The smallest absolute Gasteiger partial charge is 0.487 e. The van der Waals surface area contributed by atoms with Gasteiger partial charge in [0.05, 0.1) is 5.56 Å². The lowest BCUT2D eigenvalue weighted by Gasteiger charge is -2.38. The standard InChI is InChI=1S/C28H27F4NO5/c1-27(13-3-2-4-14-27)24(26(35)36)33-25(34)22-11-7-18-15-19(29)8-12-21(18)23(22)37-16-17-5-9-20(10-6-17)38-28(30,31)32/h5-12,15,24H,2-4,13-14,16H2,1H3,(H,33,34)(H,35,36). The number of benzene rings is 3. The van der Waals surface area contributed by atoms with Crippen LogP contribution in [0.4, 0.5) is 17.6 Å². The normalized spacial score (nSPS) is 16.0. The van der Waals surface area contributed by atoms with E-state index in [2.05, 4.69) is 10.1 Å². The van der Waals surface area contributed by atoms with E-state index in [1.807, 2.05) is 6.92 Å². The molecule has 1 fully saturated rings. The highest BCUT2D eigenvalue weighted by Gasteiger charge is 2.41. The van der Waals surface area contributed by atoms with Crippen molar-refractivity contribution in [1.82, 2.24) is 5.32 Å². The van der Waals surface area contributed by atoms with Crippen molar-refractivity contribution in [3.63, 3.8) is 0 Å². The summed E-state index contributed by atoms with van der Waals surface area (Å²) in [5.74, 6) is -2.56. The summed E-state index contributed by atoms with van der Waals surface area (Å²) >= 11 is 0. The van der Waals surface area contributed by atoms with Crippen LogP contribution in [0.1, 0.15) is 54.9 Å². The van der Waals surface area contributed by atoms with Crippen LogP contribution in [0, 0.1) is 11.2 Å². The first kappa shape index (κ1) is 27.2. The lowest BCUT2D eigenvalue weighted by molar-refractivity contribution is -0.274. The number of carboxylic acid groups (broad SMARTS) is 1. The van der Waals surface area contributed by atoms with Crippen LogP contribution < -0.4 is 14.8 Å². The molecule has 3 aromatic carbocycles. The average Bonchev–Trinajstić information content (AvgIpc) is 2.85. The van der Waals surface area contributed by atoms with Crippen molar-refractivity contribution in [2.75, 3.05) is 0 Å². The Morgan fingerprint density at radius 3 is 2.34 bits per heavy atom. The highest BCUT2D eigenvalue weighted by atomic mass is 19.4. The molecule has 1 unspecified atom stereocenters. The molecule has 0 saturated heterocycles. The Balaban J connectivity index is 1.62. The summed E-state index contributed by atoms with van der Waals surface area (Å²) in [7, 11) is 0. The van der Waals surface area contributed by atoms with Gasteiger partial charge in [0.25, 0.3) is 5.91 Å². The van der Waals surface area contributed by atoms with Crippen molar-refractivity contribution < 1.29 is 41.7 Å². The Morgan fingerprint density at radius 1 is 1.03 bits per heavy atom. The number of nitrogens with one attached hydrogen (secondary N) is 1. The number of carbonyl (C=O) groups excluding carboxylic acids is 1. The van der Waals surface area contributed by atoms with Crippen molar-refractivity contribution >= 4 is 22.6 Å². The summed E-state index contributed by atoms with van der Waals surface area (Å²) in [5, 5.41) is 13.5. The predicted octanol–water partition coefficient (Wildman–Crippen LogP) is 6.61. The van der Waals surface area contributed by atoms with Gasteiger partial charge in [-0.25, -0.2) is 9.18 Å². The molecular weight excluding hydrogens is 506 g/mol. The quantitative estimate of drug-likeness (QED) is 0.318. The van der Waals surface area contributed by atoms with Gasteiger partial charge in [-0.2, -0.15) is 0 Å². The minimum Gasteiger partial charge on any atom is -0.487 e. The van der Waals surface area contributed by atoms with E-state index in [1.54, 1.807) is 6.07 Å². The Morgan fingerprint density at radius 2 is 1.71 bits per heavy atom. The summed E-state index contributed by atoms with van der Waals surface area (Å²) in [6, 6.07) is 10.9. The van der Waals surface area contributed by atoms with E-state index in [-0.39, 0.29) is 17.9 Å². The second-order valence-corrected chi connectivity index (χ2v) is 9.75. The van der Waals surface area contributed by atoms with Gasteiger partial charge in [-0.1, -0.05) is 44.4 Å². The van der Waals surface area contributed by atoms with Crippen LogP contribution in [0.25, 0.3) is 10.8 Å². The molecule has 0 radical (unpaired) electrons. The molecule has 202 valence electrons. The van der Waals surface area contributed by atoms with E-state index in [1.165, 1.54) is 36.4 Å². The highest BCUT2D eigenvalue weighted by molar-refractivity contribution is 6.05. The lowest BCUT2D eigenvalue weighted by atomic mass is 9.70. The van der Waals surface area contributed by atoms with Gasteiger partial charge < -0.3 is 19.9 Å². The maximum atomic E-state index is 13.9. The van der Waals surface area contributed by atoms with Crippen LogP contribution in [0.2, 0.25) is 0 Å². The van der Waals surface area contributed by atoms with Crippen LogP contribution in [0.15, 0.2) is 54.6 Å². The average molecular weight is 534 g/mol. The Hall–Kier alpha value is -3.82. The van der Waals surface area contributed by atoms with Crippen LogP contribution in [0.3, 0.4) is 0 Å². The topological polar surface area (TPSA) is 84.9 Å². The van der Waals surface area contributed by atoms with E-state index in [9.17, 15) is 32.3 Å². The third kappa shape index (κ3) is 6.35. The van der Waals surface area contributed by atoms with Crippen molar-refractivity contribution in [3.05, 3.63) is 71.5 Å². The van der Waals surface area contributed by atoms with Gasteiger partial charge in [-0.15, -0.1) is 13.2 Å². The third-order valence-corrected chi connectivity index (χ3v) is 6.93. The van der Waals surface area contributed by atoms with Crippen LogP contribution in [-0.2, 0) is 11.4 Å². The molecule has 4 rings (SSSR count). The first-order valence-electron chi connectivity index (χ1n) is 12.2. The molecule has 10 heteroatoms. The molecule has 0 aromatic heterocycles. The monoisotopic (exact) mass is 533 g/mol. The van der Waals surface area contributed by atoms with Gasteiger partial charge in [0.15, 0.2) is 0 Å². The summed E-state index contributed by atoms with van der Waals surface area (Å²) in [5.41, 5.74) is -0.0593.